The number of piperidine rings is 1. The predicted molar refractivity (Wildman–Crippen MR) is 204 cm³/mol. The molecule has 2 saturated heterocycles. The number of aromatic nitrogens is 1. The zero-order valence-corrected chi connectivity index (χ0v) is 32.5. The molecular weight excluding hydrogens is 711 g/mol. The van der Waals surface area contributed by atoms with Gasteiger partial charge in [-0.05, 0) is 56.6 Å². The summed E-state index contributed by atoms with van der Waals surface area (Å²) < 4.78 is 39.2. The molecule has 1 aromatic heterocycles. The lowest BCUT2D eigenvalue weighted by Gasteiger charge is -2.36. The Bertz CT molecular complexity index is 1990. The summed E-state index contributed by atoms with van der Waals surface area (Å²) in [6, 6.07) is 14.7. The van der Waals surface area contributed by atoms with Crippen molar-refractivity contribution in [1.29, 1.82) is 0 Å². The van der Waals surface area contributed by atoms with E-state index in [0.29, 0.717) is 54.0 Å². The second-order valence-corrected chi connectivity index (χ2v) is 17.7. The van der Waals surface area contributed by atoms with Crippen molar-refractivity contribution in [3.8, 4) is 22.8 Å². The summed E-state index contributed by atoms with van der Waals surface area (Å²) in [5.74, 6) is -1.55. The fourth-order valence-corrected chi connectivity index (χ4v) is 8.57. The Labute approximate surface area is 317 Å². The van der Waals surface area contributed by atoms with Gasteiger partial charge in [-0.3, -0.25) is 23.9 Å². The van der Waals surface area contributed by atoms with Crippen molar-refractivity contribution in [1.82, 2.24) is 24.8 Å². The van der Waals surface area contributed by atoms with Gasteiger partial charge < -0.3 is 24.6 Å². The van der Waals surface area contributed by atoms with Crippen LogP contribution < -0.4 is 19.5 Å². The lowest BCUT2D eigenvalue weighted by Crippen LogP contribution is -2.54. The number of likely N-dealkylation sites (tertiary alicyclic amines) is 2. The maximum absolute atomic E-state index is 14.7. The van der Waals surface area contributed by atoms with Crippen LogP contribution in [0.15, 0.2) is 54.6 Å². The van der Waals surface area contributed by atoms with Gasteiger partial charge >= 0.3 is 0 Å². The Morgan fingerprint density at radius 2 is 1.69 bits per heavy atom. The molecule has 4 amide bonds. The summed E-state index contributed by atoms with van der Waals surface area (Å²) in [5.41, 5.74) is 1.54. The standard InChI is InChI=1S/C40H51N5O8S/c1-25(37(47)43-54(50,51)29-15-16-29)41-38(48)34-21-28(24-45(34)39(49)31(40(2,3)4)22-36(46)44-18-10-7-11-19-44)53-35-23-32(26-12-8-6-9-13-26)42-33-20-27(52-5)14-17-30(33)35/h6,8-9,12-14,17,20,23,25,28-29,31,34H,7,10-11,15-16,18-19,21-22,24H2,1-5H3,(H,41,48)(H,43,47)/t25?,28-,31?,34+/m1/s1. The molecule has 4 atom stereocenters. The zero-order chi connectivity index (χ0) is 38.8. The van der Waals surface area contributed by atoms with Crippen LogP contribution in [0, 0.1) is 11.3 Å². The van der Waals surface area contributed by atoms with Gasteiger partial charge in [-0.1, -0.05) is 51.1 Å². The van der Waals surface area contributed by atoms with Crippen LogP contribution >= 0.6 is 0 Å². The van der Waals surface area contributed by atoms with E-state index >= 15 is 0 Å². The number of nitrogens with one attached hydrogen (secondary N) is 2. The van der Waals surface area contributed by atoms with Crippen molar-refractivity contribution in [3.63, 3.8) is 0 Å². The van der Waals surface area contributed by atoms with Crippen molar-refractivity contribution < 1.29 is 37.1 Å². The van der Waals surface area contributed by atoms with E-state index in [0.717, 1.165) is 24.8 Å². The molecule has 6 rings (SSSR count). The molecule has 3 fully saturated rings. The molecule has 0 bridgehead atoms. The van der Waals surface area contributed by atoms with Gasteiger partial charge in [0.25, 0.3) is 5.91 Å². The molecule has 14 heteroatoms. The normalized spacial score (nSPS) is 20.2. The lowest BCUT2D eigenvalue weighted by molar-refractivity contribution is -0.148. The molecule has 0 spiro atoms. The van der Waals surface area contributed by atoms with E-state index in [-0.39, 0.29) is 31.2 Å². The van der Waals surface area contributed by atoms with E-state index in [4.69, 9.17) is 14.5 Å². The molecule has 1 saturated carbocycles. The number of amides is 4. The highest BCUT2D eigenvalue weighted by atomic mass is 32.2. The molecule has 2 N–H and O–H groups in total. The Balaban J connectivity index is 1.30. The van der Waals surface area contributed by atoms with Gasteiger partial charge in [0.15, 0.2) is 0 Å². The Kier molecular flexibility index (Phi) is 11.5. The Morgan fingerprint density at radius 1 is 0.981 bits per heavy atom. The van der Waals surface area contributed by atoms with Gasteiger partial charge in [-0.2, -0.15) is 0 Å². The zero-order valence-electron chi connectivity index (χ0n) is 31.7. The maximum atomic E-state index is 14.7. The maximum Gasteiger partial charge on any atom is 0.255 e. The molecule has 290 valence electrons. The summed E-state index contributed by atoms with van der Waals surface area (Å²) in [4.78, 5) is 63.4. The topological polar surface area (TPSA) is 164 Å². The molecule has 0 radical (unpaired) electrons. The molecule has 3 aromatic rings. The van der Waals surface area contributed by atoms with Crippen molar-refractivity contribution in [2.24, 2.45) is 11.3 Å². The molecule has 2 aliphatic heterocycles. The van der Waals surface area contributed by atoms with Crippen molar-refractivity contribution >= 4 is 44.6 Å². The van der Waals surface area contributed by atoms with Gasteiger partial charge in [0, 0.05) is 49.0 Å². The summed E-state index contributed by atoms with van der Waals surface area (Å²) in [6.45, 7) is 8.48. The number of sulfonamides is 1. The van der Waals surface area contributed by atoms with Crippen LogP contribution in [-0.2, 0) is 29.2 Å². The van der Waals surface area contributed by atoms with Crippen LogP contribution in [0.4, 0.5) is 0 Å². The molecule has 13 nitrogen and oxygen atoms in total. The number of rotatable bonds is 12. The highest BCUT2D eigenvalue weighted by Crippen LogP contribution is 2.37. The number of hydrogen-bond donors (Lipinski definition) is 2. The van der Waals surface area contributed by atoms with Crippen LogP contribution in [0.1, 0.15) is 72.6 Å². The quantitative estimate of drug-likeness (QED) is 0.272. The van der Waals surface area contributed by atoms with Gasteiger partial charge in [-0.25, -0.2) is 13.4 Å². The molecule has 3 heterocycles. The van der Waals surface area contributed by atoms with E-state index in [2.05, 4.69) is 10.0 Å². The fraction of sp³-hybridized carbons (Fsp3) is 0.525. The number of carbonyl (C=O) groups is 4. The average Bonchev–Trinajstić information content (AvgIpc) is 3.94. The van der Waals surface area contributed by atoms with Gasteiger partial charge in [0.1, 0.15) is 29.7 Å². The van der Waals surface area contributed by atoms with Crippen molar-refractivity contribution in [2.75, 3.05) is 26.7 Å². The summed E-state index contributed by atoms with van der Waals surface area (Å²) in [6.07, 6.45) is 3.29. The number of carbonyl (C=O) groups excluding carboxylic acids is 4. The van der Waals surface area contributed by atoms with Gasteiger partial charge in [-0.15, -0.1) is 0 Å². The second kappa shape index (κ2) is 15.9. The molecular formula is C40H51N5O8S. The van der Waals surface area contributed by atoms with Gasteiger partial charge in [0.05, 0.1) is 36.0 Å². The first-order chi connectivity index (χ1) is 25.6. The first-order valence-electron chi connectivity index (χ1n) is 18.8. The number of fused-ring (bicyclic) bond motifs is 1. The van der Waals surface area contributed by atoms with E-state index in [9.17, 15) is 27.6 Å². The minimum absolute atomic E-state index is 0.00616. The lowest BCUT2D eigenvalue weighted by atomic mass is 9.77. The van der Waals surface area contributed by atoms with Crippen molar-refractivity contribution in [2.45, 2.75) is 96.1 Å². The number of pyridine rings is 1. The number of hydrogen-bond acceptors (Lipinski definition) is 9. The minimum atomic E-state index is -3.83. The van der Waals surface area contributed by atoms with Gasteiger partial charge in [0.2, 0.25) is 27.7 Å². The smallest absolute Gasteiger partial charge is 0.255 e. The van der Waals surface area contributed by atoms with E-state index in [1.54, 1.807) is 7.11 Å². The predicted octanol–water partition coefficient (Wildman–Crippen LogP) is 4.44. The average molecular weight is 762 g/mol. The third kappa shape index (κ3) is 8.97. The summed E-state index contributed by atoms with van der Waals surface area (Å²) in [5, 5.41) is 2.75. The SMILES string of the molecule is COc1ccc2c(O[C@@H]3C[C@@H](C(=O)NC(C)C(=O)NS(=O)(=O)C4CC4)N(C(=O)C(CC(=O)N4CCCCC4)C(C)(C)C)C3)cc(-c3ccccc3)nc2c1. The largest absolute Gasteiger partial charge is 0.497 e. The van der Waals surface area contributed by atoms with Crippen LogP contribution in [0.5, 0.6) is 11.5 Å². The number of ether oxygens (including phenoxy) is 2. The second-order valence-electron chi connectivity index (χ2n) is 15.7. The van der Waals surface area contributed by atoms with Crippen LogP contribution in [0.2, 0.25) is 0 Å². The summed E-state index contributed by atoms with van der Waals surface area (Å²) in [7, 11) is -2.25. The Morgan fingerprint density at radius 3 is 2.33 bits per heavy atom. The molecule has 54 heavy (non-hydrogen) atoms. The Hall–Kier alpha value is -4.72. The van der Waals surface area contributed by atoms with Crippen molar-refractivity contribution in [3.05, 3.63) is 54.6 Å². The molecule has 3 aliphatic rings. The molecule has 2 aromatic carbocycles. The monoisotopic (exact) mass is 761 g/mol. The van der Waals surface area contributed by atoms with E-state index < -0.39 is 56.6 Å². The third-order valence-electron chi connectivity index (χ3n) is 10.6. The van der Waals surface area contributed by atoms with Crippen LogP contribution in [0.25, 0.3) is 22.2 Å². The first kappa shape index (κ1) is 39.0. The highest BCUT2D eigenvalue weighted by molar-refractivity contribution is 7.90. The molecule has 1 aliphatic carbocycles. The van der Waals surface area contributed by atoms with E-state index in [1.807, 2.05) is 80.3 Å². The minimum Gasteiger partial charge on any atom is -0.497 e. The summed E-state index contributed by atoms with van der Waals surface area (Å²) >= 11 is 0. The number of benzene rings is 2. The van der Waals surface area contributed by atoms with E-state index in [1.165, 1.54) is 11.8 Å². The van der Waals surface area contributed by atoms with Crippen LogP contribution in [-0.4, -0.2) is 97.0 Å². The molecule has 2 unspecified atom stereocenters. The number of nitrogens with zero attached hydrogens (tertiary/aromatic N) is 3. The number of methoxy groups -OCH3 is 1. The third-order valence-corrected chi connectivity index (χ3v) is 12.4. The first-order valence-corrected chi connectivity index (χ1v) is 20.3. The fourth-order valence-electron chi connectivity index (χ4n) is 7.19. The highest BCUT2D eigenvalue weighted by Gasteiger charge is 2.47. The van der Waals surface area contributed by atoms with Crippen LogP contribution in [0.3, 0.4) is 0 Å².